The number of aromatic nitrogens is 2. The Morgan fingerprint density at radius 1 is 0.737 bits per heavy atom. The minimum Gasteiger partial charge on any atom is -0.341 e. The first-order valence-electron chi connectivity index (χ1n) is 7.56. The average Bonchev–Trinajstić information content (AvgIpc) is 2.90. The van der Waals surface area contributed by atoms with Crippen LogP contribution in [0.2, 0.25) is 0 Å². The van der Waals surface area contributed by atoms with Crippen LogP contribution in [-0.4, -0.2) is 33.5 Å². The molecule has 2 nitrogen and oxygen atoms in total. The quantitative estimate of drug-likeness (QED) is 0.642. The molecular formula is C16H36N2Sn. The monoisotopic (exact) mass is 376 g/mol. The molecular weight excluding hydrogens is 339 g/mol. The van der Waals surface area contributed by atoms with Gasteiger partial charge >= 0.3 is 0 Å². The maximum Gasteiger partial charge on any atom is 0.0943 e. The molecule has 114 valence electrons. The van der Waals surface area contributed by atoms with Crippen LogP contribution in [-0.2, 0) is 7.05 Å². The molecule has 0 amide bonds. The number of imidazole rings is 1. The summed E-state index contributed by atoms with van der Waals surface area (Å²) >= 11 is 0. The Bertz CT molecular complexity index is 171. The van der Waals surface area contributed by atoms with Gasteiger partial charge < -0.3 is 4.57 Å². The molecule has 0 aromatic carbocycles. The van der Waals surface area contributed by atoms with E-state index in [1.807, 2.05) is 17.8 Å². The van der Waals surface area contributed by atoms with Crippen molar-refractivity contribution in [2.45, 2.75) is 80.1 Å². The summed E-state index contributed by atoms with van der Waals surface area (Å²) in [5.74, 6) is 0. The molecule has 0 atom stereocenters. The smallest absolute Gasteiger partial charge is 0.0943 e. The maximum absolute atomic E-state index is 3.78. The van der Waals surface area contributed by atoms with Gasteiger partial charge in [0.25, 0.3) is 0 Å². The third kappa shape index (κ3) is 46.1. The first kappa shape index (κ1) is 27.4. The molecule has 0 aliphatic carbocycles. The van der Waals surface area contributed by atoms with Gasteiger partial charge in [-0.25, -0.2) is 4.98 Å². The van der Waals surface area contributed by atoms with Gasteiger partial charge in [0.15, 0.2) is 0 Å². The minimum absolute atomic E-state index is 0. The van der Waals surface area contributed by atoms with Gasteiger partial charge in [-0.3, -0.25) is 0 Å². The molecule has 0 saturated heterocycles. The molecule has 0 aliphatic heterocycles. The molecule has 3 heteroatoms. The summed E-state index contributed by atoms with van der Waals surface area (Å²) in [7, 11) is 1.94. The molecule has 1 aromatic heterocycles. The predicted octanol–water partition coefficient (Wildman–Crippen LogP) is 5.46. The molecule has 1 aromatic rings. The second-order valence-corrected chi connectivity index (χ2v) is 4.23. The molecule has 4 radical (unpaired) electrons. The molecule has 0 bridgehead atoms. The summed E-state index contributed by atoms with van der Waals surface area (Å²) in [5, 5.41) is 0. The zero-order chi connectivity index (χ0) is 14.6. The molecule has 1 rings (SSSR count). The zero-order valence-corrected chi connectivity index (χ0v) is 17.2. The van der Waals surface area contributed by atoms with Crippen LogP contribution in [0.5, 0.6) is 0 Å². The number of unbranched alkanes of at least 4 members (excludes halogenated alkanes) is 3. The van der Waals surface area contributed by atoms with E-state index in [2.05, 4.69) is 46.5 Å². The minimum atomic E-state index is 0. The summed E-state index contributed by atoms with van der Waals surface area (Å²) in [6.45, 7) is 13.1. The van der Waals surface area contributed by atoms with Crippen molar-refractivity contribution < 1.29 is 0 Å². The Balaban J connectivity index is -0.0000000796. The van der Waals surface area contributed by atoms with Crippen molar-refractivity contribution in [1.29, 1.82) is 0 Å². The van der Waals surface area contributed by atoms with E-state index in [1.54, 1.807) is 12.5 Å². The van der Waals surface area contributed by atoms with Gasteiger partial charge in [-0.1, -0.05) is 80.1 Å². The van der Waals surface area contributed by atoms with E-state index < -0.39 is 0 Å². The fourth-order valence-electron chi connectivity index (χ4n) is 0.326. The number of rotatable bonds is 3. The fraction of sp³-hybridized carbons (Fsp3) is 0.812. The van der Waals surface area contributed by atoms with Crippen molar-refractivity contribution in [1.82, 2.24) is 9.55 Å². The normalized spacial score (nSPS) is 7.53. The Labute approximate surface area is 139 Å². The van der Waals surface area contributed by atoms with Crippen LogP contribution in [0.3, 0.4) is 0 Å². The van der Waals surface area contributed by atoms with E-state index in [0.717, 1.165) is 0 Å². The van der Waals surface area contributed by atoms with Crippen LogP contribution in [0.4, 0.5) is 0 Å². The van der Waals surface area contributed by atoms with E-state index in [4.69, 9.17) is 0 Å². The molecule has 0 saturated carbocycles. The van der Waals surface area contributed by atoms with Crippen molar-refractivity contribution in [3.8, 4) is 0 Å². The summed E-state index contributed by atoms with van der Waals surface area (Å²) < 4.78 is 1.89. The zero-order valence-electron chi connectivity index (χ0n) is 14.4. The van der Waals surface area contributed by atoms with Crippen molar-refractivity contribution in [3.05, 3.63) is 18.7 Å². The fourth-order valence-corrected chi connectivity index (χ4v) is 0.326. The van der Waals surface area contributed by atoms with Gasteiger partial charge in [0.05, 0.1) is 6.33 Å². The average molecular weight is 375 g/mol. The van der Waals surface area contributed by atoms with E-state index in [1.165, 1.54) is 38.5 Å². The topological polar surface area (TPSA) is 17.8 Å². The van der Waals surface area contributed by atoms with Gasteiger partial charge in [0, 0.05) is 43.3 Å². The Morgan fingerprint density at radius 2 is 1.05 bits per heavy atom. The van der Waals surface area contributed by atoms with Crippen LogP contribution < -0.4 is 0 Å². The summed E-state index contributed by atoms with van der Waals surface area (Å²) in [6, 6.07) is 0. The van der Waals surface area contributed by atoms with Crippen LogP contribution in [0.15, 0.2) is 18.7 Å². The van der Waals surface area contributed by atoms with Gasteiger partial charge in [0.1, 0.15) is 0 Å². The Hall–Kier alpha value is 0.00870. The van der Waals surface area contributed by atoms with E-state index in [9.17, 15) is 0 Å². The van der Waals surface area contributed by atoms with Gasteiger partial charge in [-0.05, 0) is 0 Å². The third-order valence-corrected chi connectivity index (χ3v) is 2.14. The van der Waals surface area contributed by atoms with Crippen LogP contribution in [0.1, 0.15) is 80.1 Å². The van der Waals surface area contributed by atoms with Crippen LogP contribution in [0, 0.1) is 0 Å². The number of hydrogen-bond donors (Lipinski definition) is 0. The van der Waals surface area contributed by atoms with Gasteiger partial charge in [-0.15, -0.1) is 0 Å². The Kier molecular flexibility index (Phi) is 44.3. The first-order valence-corrected chi connectivity index (χ1v) is 7.56. The molecule has 0 N–H and O–H groups in total. The molecule has 0 aliphatic rings. The second kappa shape index (κ2) is 30.8. The van der Waals surface area contributed by atoms with Crippen molar-refractivity contribution in [3.63, 3.8) is 0 Å². The number of hydrogen-bond acceptors (Lipinski definition) is 1. The third-order valence-electron chi connectivity index (χ3n) is 2.14. The van der Waals surface area contributed by atoms with Crippen molar-refractivity contribution in [2.75, 3.05) is 0 Å². The second-order valence-electron chi connectivity index (χ2n) is 4.23. The predicted molar refractivity (Wildman–Crippen MR) is 90.7 cm³/mol. The summed E-state index contributed by atoms with van der Waals surface area (Å²) in [6.07, 6.45) is 13.3. The van der Waals surface area contributed by atoms with E-state index >= 15 is 0 Å². The first-order chi connectivity index (χ1) is 8.64. The Morgan fingerprint density at radius 3 is 1.11 bits per heavy atom. The number of aryl methyl sites for hydroxylation is 1. The molecule has 0 unspecified atom stereocenters. The standard InChI is InChI=1S/C4H6N2.3C4H10.Sn/c1-6-3-2-5-4-6;3*1-3-4-2;/h2-4H,1H3;3*3-4H2,1-2H3;. The number of nitrogens with zero attached hydrogens (tertiary/aromatic N) is 2. The van der Waals surface area contributed by atoms with Gasteiger partial charge in [-0.2, -0.15) is 0 Å². The molecule has 1 heterocycles. The molecule has 0 spiro atoms. The van der Waals surface area contributed by atoms with Crippen LogP contribution in [0.25, 0.3) is 0 Å². The van der Waals surface area contributed by atoms with Crippen molar-refractivity contribution in [2.24, 2.45) is 7.05 Å². The van der Waals surface area contributed by atoms with Gasteiger partial charge in [0.2, 0.25) is 0 Å². The largest absolute Gasteiger partial charge is 0.341 e. The van der Waals surface area contributed by atoms with E-state index in [-0.39, 0.29) is 23.9 Å². The summed E-state index contributed by atoms with van der Waals surface area (Å²) in [5.41, 5.74) is 0. The maximum atomic E-state index is 3.78. The van der Waals surface area contributed by atoms with Crippen LogP contribution >= 0.6 is 0 Å². The molecule has 0 fully saturated rings. The van der Waals surface area contributed by atoms with E-state index in [0.29, 0.717) is 0 Å². The SMILES string of the molecule is CCCC.CCCC.CCCC.Cn1ccnc1.[Sn]. The summed E-state index contributed by atoms with van der Waals surface area (Å²) in [4.78, 5) is 3.78. The van der Waals surface area contributed by atoms with Crippen molar-refractivity contribution >= 4 is 23.9 Å². The molecule has 19 heavy (non-hydrogen) atoms.